The molecule has 0 amide bonds. The van der Waals surface area contributed by atoms with E-state index in [1.807, 2.05) is 0 Å². The number of hydrogen-bond donors (Lipinski definition) is 1. The topological polar surface area (TPSA) is 12.0 Å². The Labute approximate surface area is 92.9 Å². The highest BCUT2D eigenvalue weighted by atomic mass is 14.9. The molecule has 0 radical (unpaired) electrons. The van der Waals surface area contributed by atoms with Crippen LogP contribution in [-0.2, 0) is 12.8 Å². The minimum absolute atomic E-state index is 1.25. The molecular weight excluding hydrogens is 182 g/mol. The van der Waals surface area contributed by atoms with Crippen LogP contribution in [0.2, 0.25) is 0 Å². The van der Waals surface area contributed by atoms with Crippen LogP contribution in [-0.4, -0.2) is 13.1 Å². The highest BCUT2D eigenvalue weighted by molar-refractivity contribution is 5.30. The van der Waals surface area contributed by atoms with Gasteiger partial charge in [0.1, 0.15) is 0 Å². The molecule has 1 aliphatic carbocycles. The molecule has 1 N–H and O–H groups in total. The maximum atomic E-state index is 3.28. The molecule has 1 heteroatoms. The minimum Gasteiger partial charge on any atom is -0.317 e. The van der Waals surface area contributed by atoms with E-state index in [9.17, 15) is 0 Å². The zero-order valence-corrected chi connectivity index (χ0v) is 9.47. The van der Waals surface area contributed by atoms with E-state index in [2.05, 4.69) is 29.6 Å². The molecule has 0 bridgehead atoms. The fourth-order valence-electron chi connectivity index (χ4n) is 2.32. The quantitative estimate of drug-likeness (QED) is 0.683. The Morgan fingerprint density at radius 2 is 1.33 bits per heavy atom. The van der Waals surface area contributed by atoms with Crippen molar-refractivity contribution in [2.75, 3.05) is 13.1 Å². The van der Waals surface area contributed by atoms with Gasteiger partial charge in [0.15, 0.2) is 0 Å². The standard InChI is InChI=1S/C9H10.C5H11N/c1-2-5-9-7-3-6-8(9)4-1;1-2-4-6-5-3-1/h1-2,4-5H,3,6-7H2;6H,1-5H2. The molecule has 0 unspecified atom stereocenters. The van der Waals surface area contributed by atoms with E-state index in [-0.39, 0.29) is 0 Å². The highest BCUT2D eigenvalue weighted by Gasteiger charge is 2.07. The van der Waals surface area contributed by atoms with Crippen molar-refractivity contribution in [2.24, 2.45) is 0 Å². The Bertz CT molecular complexity index is 255. The summed E-state index contributed by atoms with van der Waals surface area (Å²) in [6, 6.07) is 8.74. The second kappa shape index (κ2) is 5.92. The molecule has 82 valence electrons. The van der Waals surface area contributed by atoms with Crippen LogP contribution in [0.5, 0.6) is 0 Å². The molecule has 1 aliphatic heterocycles. The van der Waals surface area contributed by atoms with Crippen molar-refractivity contribution in [1.29, 1.82) is 0 Å². The van der Waals surface area contributed by atoms with Crippen LogP contribution in [0, 0.1) is 0 Å². The maximum absolute atomic E-state index is 3.28. The minimum atomic E-state index is 1.25. The summed E-state index contributed by atoms with van der Waals surface area (Å²) >= 11 is 0. The average Bonchev–Trinajstić information content (AvgIpc) is 2.80. The first-order valence-corrected chi connectivity index (χ1v) is 6.24. The molecule has 0 aromatic heterocycles. The first-order valence-electron chi connectivity index (χ1n) is 6.24. The summed E-state index contributed by atoms with van der Waals surface area (Å²) in [5, 5.41) is 3.28. The highest BCUT2D eigenvalue weighted by Crippen LogP contribution is 2.20. The number of hydrogen-bond acceptors (Lipinski definition) is 1. The zero-order chi connectivity index (χ0) is 10.3. The zero-order valence-electron chi connectivity index (χ0n) is 9.47. The van der Waals surface area contributed by atoms with Crippen molar-refractivity contribution >= 4 is 0 Å². The van der Waals surface area contributed by atoms with E-state index in [1.165, 1.54) is 51.6 Å². The van der Waals surface area contributed by atoms with E-state index in [4.69, 9.17) is 0 Å². The van der Waals surface area contributed by atoms with Crippen LogP contribution in [0.4, 0.5) is 0 Å². The Kier molecular flexibility index (Phi) is 4.22. The van der Waals surface area contributed by atoms with Gasteiger partial charge in [-0.2, -0.15) is 0 Å². The summed E-state index contributed by atoms with van der Waals surface area (Å²) in [6.07, 6.45) is 8.18. The molecule has 1 saturated heterocycles. The van der Waals surface area contributed by atoms with Crippen LogP contribution in [0.3, 0.4) is 0 Å². The van der Waals surface area contributed by atoms with Gasteiger partial charge in [0.2, 0.25) is 0 Å². The van der Waals surface area contributed by atoms with E-state index in [1.54, 1.807) is 11.1 Å². The van der Waals surface area contributed by atoms with Gasteiger partial charge in [-0.3, -0.25) is 0 Å². The molecular formula is C14H21N. The lowest BCUT2D eigenvalue weighted by atomic mass is 10.1. The largest absolute Gasteiger partial charge is 0.317 e. The smallest absolute Gasteiger partial charge is 0.00489 e. The summed E-state index contributed by atoms with van der Waals surface area (Å²) < 4.78 is 0. The number of nitrogens with one attached hydrogen (secondary N) is 1. The van der Waals surface area contributed by atoms with Crippen molar-refractivity contribution in [3.63, 3.8) is 0 Å². The normalized spacial score (nSPS) is 18.9. The second-order valence-corrected chi connectivity index (χ2v) is 4.43. The Hall–Kier alpha value is -0.820. The Balaban J connectivity index is 0.000000124. The lowest BCUT2D eigenvalue weighted by Crippen LogP contribution is -2.21. The van der Waals surface area contributed by atoms with E-state index in [0.29, 0.717) is 0 Å². The van der Waals surface area contributed by atoms with E-state index < -0.39 is 0 Å². The molecule has 15 heavy (non-hydrogen) atoms. The average molecular weight is 203 g/mol. The second-order valence-electron chi connectivity index (χ2n) is 4.43. The van der Waals surface area contributed by atoms with Gasteiger partial charge in [0.25, 0.3) is 0 Å². The fraction of sp³-hybridized carbons (Fsp3) is 0.571. The third-order valence-corrected chi connectivity index (χ3v) is 3.22. The molecule has 2 aliphatic rings. The molecule has 1 fully saturated rings. The van der Waals surface area contributed by atoms with Crippen LogP contribution in [0.1, 0.15) is 36.8 Å². The third-order valence-electron chi connectivity index (χ3n) is 3.22. The molecule has 0 saturated carbocycles. The van der Waals surface area contributed by atoms with Gasteiger partial charge in [-0.25, -0.2) is 0 Å². The SMILES string of the molecule is C1CCNCC1.c1ccc2c(c1)CCC2. The molecule has 1 heterocycles. The number of benzene rings is 1. The van der Waals surface area contributed by atoms with Crippen molar-refractivity contribution in [2.45, 2.75) is 38.5 Å². The summed E-state index contributed by atoms with van der Waals surface area (Å²) in [7, 11) is 0. The van der Waals surface area contributed by atoms with Crippen molar-refractivity contribution < 1.29 is 0 Å². The lowest BCUT2D eigenvalue weighted by molar-refractivity contribution is 0.520. The van der Waals surface area contributed by atoms with Gasteiger partial charge in [-0.05, 0) is 56.3 Å². The van der Waals surface area contributed by atoms with Crippen LogP contribution < -0.4 is 5.32 Å². The predicted molar refractivity (Wildman–Crippen MR) is 65.2 cm³/mol. The predicted octanol–water partition coefficient (Wildman–Crippen LogP) is 2.94. The molecule has 3 rings (SSSR count). The summed E-state index contributed by atoms with van der Waals surface area (Å²) in [5.41, 5.74) is 3.13. The number of fused-ring (bicyclic) bond motifs is 1. The van der Waals surface area contributed by atoms with Gasteiger partial charge in [0.05, 0.1) is 0 Å². The van der Waals surface area contributed by atoms with Gasteiger partial charge < -0.3 is 5.32 Å². The maximum Gasteiger partial charge on any atom is -0.00489 e. The third kappa shape index (κ3) is 3.35. The van der Waals surface area contributed by atoms with E-state index >= 15 is 0 Å². The van der Waals surface area contributed by atoms with Crippen molar-refractivity contribution in [1.82, 2.24) is 5.32 Å². The molecule has 1 aromatic carbocycles. The fourth-order valence-corrected chi connectivity index (χ4v) is 2.32. The van der Waals surface area contributed by atoms with Crippen LogP contribution >= 0.6 is 0 Å². The Morgan fingerprint density at radius 1 is 0.733 bits per heavy atom. The van der Waals surface area contributed by atoms with Crippen LogP contribution in [0.15, 0.2) is 24.3 Å². The molecule has 0 spiro atoms. The summed E-state index contributed by atoms with van der Waals surface area (Å²) in [6.45, 7) is 2.50. The molecule has 1 nitrogen and oxygen atoms in total. The number of aryl methyl sites for hydroxylation is 2. The van der Waals surface area contributed by atoms with Crippen LogP contribution in [0.25, 0.3) is 0 Å². The first kappa shape index (κ1) is 10.7. The van der Waals surface area contributed by atoms with Gasteiger partial charge >= 0.3 is 0 Å². The molecule has 1 aromatic rings. The van der Waals surface area contributed by atoms with Gasteiger partial charge in [-0.15, -0.1) is 0 Å². The number of rotatable bonds is 0. The lowest BCUT2D eigenvalue weighted by Gasteiger charge is -2.08. The van der Waals surface area contributed by atoms with Gasteiger partial charge in [-0.1, -0.05) is 30.7 Å². The Morgan fingerprint density at radius 3 is 1.73 bits per heavy atom. The molecule has 0 atom stereocenters. The monoisotopic (exact) mass is 203 g/mol. The summed E-state index contributed by atoms with van der Waals surface area (Å²) in [4.78, 5) is 0. The van der Waals surface area contributed by atoms with Crippen molar-refractivity contribution in [3.05, 3.63) is 35.4 Å². The van der Waals surface area contributed by atoms with Crippen molar-refractivity contribution in [3.8, 4) is 0 Å². The van der Waals surface area contributed by atoms with Gasteiger partial charge in [0, 0.05) is 0 Å². The van der Waals surface area contributed by atoms with E-state index in [0.717, 1.165) is 0 Å². The number of piperidine rings is 1. The first-order chi connectivity index (χ1) is 7.47. The summed E-state index contributed by atoms with van der Waals surface area (Å²) in [5.74, 6) is 0.